The number of aryl methyl sites for hydroxylation is 1. The summed E-state index contributed by atoms with van der Waals surface area (Å²) in [6.45, 7) is 1.77. The SMILES string of the molecule is Cc1cc(COc2c(F)cccc2/C=C/C(=O)O)on1. The highest BCUT2D eigenvalue weighted by Crippen LogP contribution is 2.25. The summed E-state index contributed by atoms with van der Waals surface area (Å²) < 4.78 is 24.0. The molecular formula is C14H12FNO4. The van der Waals surface area contributed by atoms with Crippen LogP contribution in [-0.2, 0) is 11.4 Å². The molecule has 1 aromatic carbocycles. The van der Waals surface area contributed by atoms with Crippen LogP contribution in [0.3, 0.4) is 0 Å². The normalized spacial score (nSPS) is 10.9. The van der Waals surface area contributed by atoms with E-state index in [0.717, 1.165) is 6.08 Å². The fourth-order valence-corrected chi connectivity index (χ4v) is 1.60. The predicted octanol–water partition coefficient (Wildman–Crippen LogP) is 2.80. The third kappa shape index (κ3) is 3.44. The minimum Gasteiger partial charge on any atom is -0.482 e. The minimum atomic E-state index is -1.12. The van der Waals surface area contributed by atoms with E-state index >= 15 is 0 Å². The Morgan fingerprint density at radius 1 is 1.55 bits per heavy atom. The summed E-state index contributed by atoms with van der Waals surface area (Å²) in [7, 11) is 0. The van der Waals surface area contributed by atoms with E-state index in [0.29, 0.717) is 17.0 Å². The first kappa shape index (κ1) is 13.8. The maximum Gasteiger partial charge on any atom is 0.328 e. The largest absolute Gasteiger partial charge is 0.482 e. The van der Waals surface area contributed by atoms with Crippen molar-refractivity contribution < 1.29 is 23.6 Å². The number of halogens is 1. The van der Waals surface area contributed by atoms with E-state index in [2.05, 4.69) is 5.16 Å². The second-order valence-electron chi connectivity index (χ2n) is 4.05. The van der Waals surface area contributed by atoms with Gasteiger partial charge >= 0.3 is 5.97 Å². The fourth-order valence-electron chi connectivity index (χ4n) is 1.60. The first-order valence-corrected chi connectivity index (χ1v) is 5.81. The zero-order valence-corrected chi connectivity index (χ0v) is 10.7. The molecule has 0 aliphatic carbocycles. The van der Waals surface area contributed by atoms with Crippen LogP contribution in [0.5, 0.6) is 5.75 Å². The third-order valence-corrected chi connectivity index (χ3v) is 2.44. The van der Waals surface area contributed by atoms with Gasteiger partial charge in [-0.3, -0.25) is 0 Å². The molecular weight excluding hydrogens is 265 g/mol. The fraction of sp³-hybridized carbons (Fsp3) is 0.143. The van der Waals surface area contributed by atoms with E-state index < -0.39 is 11.8 Å². The van der Waals surface area contributed by atoms with E-state index in [1.165, 1.54) is 18.2 Å². The number of para-hydroxylation sites is 1. The van der Waals surface area contributed by atoms with E-state index in [9.17, 15) is 9.18 Å². The number of benzene rings is 1. The summed E-state index contributed by atoms with van der Waals surface area (Å²) in [5.74, 6) is -1.27. The lowest BCUT2D eigenvalue weighted by atomic mass is 10.2. The minimum absolute atomic E-state index is 0.00961. The van der Waals surface area contributed by atoms with Crippen LogP contribution in [0.15, 0.2) is 34.9 Å². The van der Waals surface area contributed by atoms with Gasteiger partial charge in [-0.15, -0.1) is 0 Å². The van der Waals surface area contributed by atoms with Gasteiger partial charge in [0.05, 0.1) is 5.69 Å². The van der Waals surface area contributed by atoms with E-state index in [1.54, 1.807) is 19.1 Å². The highest BCUT2D eigenvalue weighted by molar-refractivity contribution is 5.85. The Labute approximate surface area is 114 Å². The van der Waals surface area contributed by atoms with Gasteiger partial charge in [0.15, 0.2) is 17.3 Å². The summed E-state index contributed by atoms with van der Waals surface area (Å²) in [5.41, 5.74) is 1.03. The Morgan fingerprint density at radius 2 is 2.35 bits per heavy atom. The van der Waals surface area contributed by atoms with Crippen LogP contribution in [0.4, 0.5) is 4.39 Å². The van der Waals surface area contributed by atoms with Crippen LogP contribution in [0.25, 0.3) is 6.08 Å². The van der Waals surface area contributed by atoms with Crippen LogP contribution >= 0.6 is 0 Å². The third-order valence-electron chi connectivity index (χ3n) is 2.44. The van der Waals surface area contributed by atoms with Crippen molar-refractivity contribution in [2.75, 3.05) is 0 Å². The van der Waals surface area contributed by atoms with Crippen LogP contribution < -0.4 is 4.74 Å². The topological polar surface area (TPSA) is 72.6 Å². The lowest BCUT2D eigenvalue weighted by Gasteiger charge is -2.08. The van der Waals surface area contributed by atoms with Crippen molar-refractivity contribution in [3.63, 3.8) is 0 Å². The van der Waals surface area contributed by atoms with Crippen molar-refractivity contribution >= 4 is 12.0 Å². The van der Waals surface area contributed by atoms with Gasteiger partial charge in [0, 0.05) is 17.7 Å². The van der Waals surface area contributed by atoms with Crippen LogP contribution in [0.1, 0.15) is 17.0 Å². The van der Waals surface area contributed by atoms with Crippen molar-refractivity contribution in [2.24, 2.45) is 0 Å². The molecule has 0 radical (unpaired) electrons. The first-order chi connectivity index (χ1) is 9.56. The average molecular weight is 277 g/mol. The Balaban J connectivity index is 2.19. The van der Waals surface area contributed by atoms with Gasteiger partial charge in [0.25, 0.3) is 0 Å². The van der Waals surface area contributed by atoms with Crippen LogP contribution in [-0.4, -0.2) is 16.2 Å². The summed E-state index contributed by atoms with van der Waals surface area (Å²) in [4.78, 5) is 10.5. The molecule has 0 saturated carbocycles. The number of aliphatic carboxylic acids is 1. The maximum absolute atomic E-state index is 13.7. The molecule has 0 fully saturated rings. The molecule has 2 aromatic rings. The second-order valence-corrected chi connectivity index (χ2v) is 4.05. The van der Waals surface area contributed by atoms with Crippen molar-refractivity contribution in [2.45, 2.75) is 13.5 Å². The Morgan fingerprint density at radius 3 is 3.00 bits per heavy atom. The lowest BCUT2D eigenvalue weighted by Crippen LogP contribution is -1.98. The average Bonchev–Trinajstić information content (AvgIpc) is 2.81. The Hall–Kier alpha value is -2.63. The smallest absolute Gasteiger partial charge is 0.328 e. The molecule has 1 N–H and O–H groups in total. The summed E-state index contributed by atoms with van der Waals surface area (Å²) in [6, 6.07) is 5.94. The molecule has 0 unspecified atom stereocenters. The zero-order valence-electron chi connectivity index (χ0n) is 10.7. The Bertz CT molecular complexity index is 648. The molecule has 0 saturated heterocycles. The molecule has 104 valence electrons. The second kappa shape index (κ2) is 6.01. The highest BCUT2D eigenvalue weighted by Gasteiger charge is 2.10. The zero-order chi connectivity index (χ0) is 14.5. The summed E-state index contributed by atoms with van der Waals surface area (Å²) in [6.07, 6.45) is 2.19. The van der Waals surface area contributed by atoms with Gasteiger partial charge in [-0.05, 0) is 19.1 Å². The molecule has 0 atom stereocenters. The quantitative estimate of drug-likeness (QED) is 0.851. The van der Waals surface area contributed by atoms with Gasteiger partial charge in [0.2, 0.25) is 0 Å². The van der Waals surface area contributed by atoms with E-state index in [4.69, 9.17) is 14.4 Å². The number of hydrogen-bond acceptors (Lipinski definition) is 4. The predicted molar refractivity (Wildman–Crippen MR) is 68.6 cm³/mol. The van der Waals surface area contributed by atoms with Crippen molar-refractivity contribution in [3.05, 3.63) is 53.2 Å². The highest BCUT2D eigenvalue weighted by atomic mass is 19.1. The molecule has 0 aliphatic rings. The molecule has 0 bridgehead atoms. The van der Waals surface area contributed by atoms with Crippen LogP contribution in [0, 0.1) is 12.7 Å². The number of rotatable bonds is 5. The molecule has 2 rings (SSSR count). The molecule has 20 heavy (non-hydrogen) atoms. The molecule has 0 amide bonds. The van der Waals surface area contributed by atoms with Gasteiger partial charge in [0.1, 0.15) is 6.61 Å². The standard InChI is InChI=1S/C14H12FNO4/c1-9-7-11(20-16-9)8-19-14-10(5-6-13(17)18)3-2-4-12(14)15/h2-7H,8H2,1H3,(H,17,18)/b6-5+. The molecule has 0 spiro atoms. The number of hydrogen-bond donors (Lipinski definition) is 1. The van der Waals surface area contributed by atoms with E-state index in [1.807, 2.05) is 0 Å². The van der Waals surface area contributed by atoms with Gasteiger partial charge in [-0.25, -0.2) is 9.18 Å². The van der Waals surface area contributed by atoms with Crippen molar-refractivity contribution in [1.29, 1.82) is 0 Å². The van der Waals surface area contributed by atoms with Crippen molar-refractivity contribution in [1.82, 2.24) is 5.16 Å². The molecule has 6 heteroatoms. The monoisotopic (exact) mass is 277 g/mol. The number of carboxylic acid groups (broad SMARTS) is 1. The molecule has 5 nitrogen and oxygen atoms in total. The maximum atomic E-state index is 13.7. The number of ether oxygens (including phenoxy) is 1. The molecule has 0 aliphatic heterocycles. The molecule has 1 aromatic heterocycles. The Kier molecular flexibility index (Phi) is 4.14. The van der Waals surface area contributed by atoms with Gasteiger partial charge < -0.3 is 14.4 Å². The number of nitrogens with zero attached hydrogens (tertiary/aromatic N) is 1. The van der Waals surface area contributed by atoms with Crippen molar-refractivity contribution in [3.8, 4) is 5.75 Å². The summed E-state index contributed by atoms with van der Waals surface area (Å²) in [5, 5.41) is 12.3. The molecule has 1 heterocycles. The number of aromatic nitrogens is 1. The van der Waals surface area contributed by atoms with E-state index in [-0.39, 0.29) is 12.4 Å². The lowest BCUT2D eigenvalue weighted by molar-refractivity contribution is -0.131. The van der Waals surface area contributed by atoms with Gasteiger partial charge in [-0.2, -0.15) is 0 Å². The first-order valence-electron chi connectivity index (χ1n) is 5.81. The summed E-state index contributed by atoms with van der Waals surface area (Å²) >= 11 is 0. The number of carboxylic acids is 1. The number of carbonyl (C=O) groups is 1. The van der Waals surface area contributed by atoms with Crippen LogP contribution in [0.2, 0.25) is 0 Å². The van der Waals surface area contributed by atoms with Gasteiger partial charge in [-0.1, -0.05) is 17.3 Å².